The minimum Gasteiger partial charge on any atom is -0.318 e. The van der Waals surface area contributed by atoms with Crippen molar-refractivity contribution in [3.63, 3.8) is 0 Å². The molecule has 2 aromatic heterocycles. The van der Waals surface area contributed by atoms with Crippen LogP contribution in [-0.4, -0.2) is 25.9 Å². The molecule has 0 aliphatic rings. The van der Waals surface area contributed by atoms with Crippen LogP contribution in [0, 0.1) is 30.5 Å². The van der Waals surface area contributed by atoms with Crippen LogP contribution >= 0.6 is 35.3 Å². The number of aryl methyl sites for hydroxylation is 2. The Hall–Kier alpha value is -2.55. The fraction of sp³-hybridized carbons (Fsp3) is 0.174. The summed E-state index contributed by atoms with van der Waals surface area (Å²) in [5, 5.41) is 4.49. The molecule has 2 heterocycles. The number of Topliss-reactive ketones (excluding diaryl/α,β-unsaturated/α-hetero) is 1. The average Bonchev–Trinajstić information content (AvgIpc) is 3.26. The van der Waals surface area contributed by atoms with Gasteiger partial charge in [-0.3, -0.25) is 4.79 Å². The van der Waals surface area contributed by atoms with Crippen molar-refractivity contribution in [3.05, 3.63) is 86.9 Å². The molecule has 0 radical (unpaired) electrons. The molecule has 0 amide bonds. The fourth-order valence-corrected chi connectivity index (χ4v) is 5.65. The van der Waals surface area contributed by atoms with E-state index in [1.165, 1.54) is 40.8 Å². The quantitative estimate of drug-likeness (QED) is 0.184. The zero-order chi connectivity index (χ0) is 22.1. The first-order valence-electron chi connectivity index (χ1n) is 9.61. The lowest BCUT2D eigenvalue weighted by Crippen LogP contribution is -2.05. The van der Waals surface area contributed by atoms with E-state index in [0.29, 0.717) is 19.5 Å². The normalized spacial score (nSPS) is 11.1. The summed E-state index contributed by atoms with van der Waals surface area (Å²) in [6.07, 6.45) is 0. The Balaban J connectivity index is 1.52. The van der Waals surface area contributed by atoms with Gasteiger partial charge in [-0.05, 0) is 75.5 Å². The molecule has 4 rings (SSSR count). The number of benzene rings is 2. The highest BCUT2D eigenvalue weighted by Gasteiger charge is 2.18. The van der Waals surface area contributed by atoms with Crippen molar-refractivity contribution in [3.8, 4) is 11.4 Å². The van der Waals surface area contributed by atoms with Gasteiger partial charge in [0.2, 0.25) is 0 Å². The van der Waals surface area contributed by atoms with Crippen LogP contribution in [0.3, 0.4) is 0 Å². The van der Waals surface area contributed by atoms with E-state index < -0.39 is 0 Å². The molecule has 0 bridgehead atoms. The van der Waals surface area contributed by atoms with E-state index in [4.69, 9.17) is 12.2 Å². The zero-order valence-corrected chi connectivity index (χ0v) is 19.7. The second-order valence-electron chi connectivity index (χ2n) is 7.19. The van der Waals surface area contributed by atoms with Gasteiger partial charge in [0.05, 0.1) is 11.4 Å². The standard InChI is InChI=1S/C23H20FN3OS3/c1-14-4-8-18(9-5-14)26-15(2)12-20(16(26)3)21(28)13-30-22-25-27(23(29)31-22)19-10-6-17(24)7-11-19/h4-12H,13H2,1-3H3. The summed E-state index contributed by atoms with van der Waals surface area (Å²) in [6.45, 7) is 6.03. The van der Waals surface area contributed by atoms with Crippen LogP contribution in [0.4, 0.5) is 4.39 Å². The van der Waals surface area contributed by atoms with E-state index in [1.54, 1.807) is 16.8 Å². The first kappa shape index (κ1) is 21.7. The lowest BCUT2D eigenvalue weighted by atomic mass is 10.2. The van der Waals surface area contributed by atoms with E-state index >= 15 is 0 Å². The predicted molar refractivity (Wildman–Crippen MR) is 127 cm³/mol. The first-order chi connectivity index (χ1) is 14.8. The highest BCUT2D eigenvalue weighted by atomic mass is 32.2. The number of aromatic nitrogens is 3. The average molecular weight is 470 g/mol. The molecule has 0 N–H and O–H groups in total. The second-order valence-corrected chi connectivity index (χ2v) is 10.0. The highest BCUT2D eigenvalue weighted by Crippen LogP contribution is 2.27. The molecule has 31 heavy (non-hydrogen) atoms. The van der Waals surface area contributed by atoms with Gasteiger partial charge in [0.15, 0.2) is 14.1 Å². The van der Waals surface area contributed by atoms with Gasteiger partial charge in [-0.25, -0.2) is 9.07 Å². The molecule has 0 atom stereocenters. The topological polar surface area (TPSA) is 39.8 Å². The smallest absolute Gasteiger partial charge is 0.184 e. The van der Waals surface area contributed by atoms with Crippen LogP contribution in [0.15, 0.2) is 58.9 Å². The monoisotopic (exact) mass is 469 g/mol. The van der Waals surface area contributed by atoms with Gasteiger partial charge in [0.25, 0.3) is 0 Å². The summed E-state index contributed by atoms with van der Waals surface area (Å²) in [7, 11) is 0. The second kappa shape index (κ2) is 8.90. The van der Waals surface area contributed by atoms with Crippen LogP contribution in [0.5, 0.6) is 0 Å². The van der Waals surface area contributed by atoms with E-state index in [2.05, 4.69) is 40.9 Å². The molecular weight excluding hydrogens is 449 g/mol. The number of carbonyl (C=O) groups excluding carboxylic acids is 1. The van der Waals surface area contributed by atoms with Crippen LogP contribution in [-0.2, 0) is 0 Å². The van der Waals surface area contributed by atoms with Crippen LogP contribution < -0.4 is 0 Å². The Morgan fingerprint density at radius 1 is 1.06 bits per heavy atom. The Labute approximate surface area is 193 Å². The van der Waals surface area contributed by atoms with Gasteiger partial charge < -0.3 is 4.57 Å². The maximum absolute atomic E-state index is 13.2. The number of halogens is 1. The molecule has 4 aromatic rings. The molecule has 4 nitrogen and oxygen atoms in total. The Morgan fingerprint density at radius 3 is 2.39 bits per heavy atom. The summed E-state index contributed by atoms with van der Waals surface area (Å²) in [4.78, 5) is 13.0. The maximum Gasteiger partial charge on any atom is 0.184 e. The number of nitrogens with zero attached hydrogens (tertiary/aromatic N) is 3. The molecule has 0 saturated carbocycles. The van der Waals surface area contributed by atoms with Gasteiger partial charge >= 0.3 is 0 Å². The summed E-state index contributed by atoms with van der Waals surface area (Å²) in [6, 6.07) is 16.2. The van der Waals surface area contributed by atoms with Crippen molar-refractivity contribution in [2.75, 3.05) is 5.75 Å². The van der Waals surface area contributed by atoms with Crippen molar-refractivity contribution in [1.29, 1.82) is 0 Å². The van der Waals surface area contributed by atoms with E-state index in [9.17, 15) is 9.18 Å². The van der Waals surface area contributed by atoms with Crippen molar-refractivity contribution in [2.45, 2.75) is 25.1 Å². The minimum atomic E-state index is -0.311. The predicted octanol–water partition coefficient (Wildman–Crippen LogP) is 6.49. The van der Waals surface area contributed by atoms with E-state index in [-0.39, 0.29) is 17.4 Å². The van der Waals surface area contributed by atoms with Gasteiger partial charge in [-0.15, -0.1) is 5.10 Å². The third-order valence-electron chi connectivity index (χ3n) is 4.95. The Morgan fingerprint density at radius 2 is 1.71 bits per heavy atom. The molecular formula is C23H20FN3OS3. The highest BCUT2D eigenvalue weighted by molar-refractivity contribution is 8.01. The third kappa shape index (κ3) is 4.56. The molecule has 8 heteroatoms. The lowest BCUT2D eigenvalue weighted by Gasteiger charge is -2.10. The van der Waals surface area contributed by atoms with E-state index in [1.807, 2.05) is 19.9 Å². The number of hydrogen-bond donors (Lipinski definition) is 0. The molecule has 0 saturated heterocycles. The lowest BCUT2D eigenvalue weighted by molar-refractivity contribution is 0.102. The largest absolute Gasteiger partial charge is 0.318 e. The number of ketones is 1. The van der Waals surface area contributed by atoms with Crippen molar-refractivity contribution in [1.82, 2.24) is 14.3 Å². The number of hydrogen-bond acceptors (Lipinski definition) is 5. The van der Waals surface area contributed by atoms with Crippen molar-refractivity contribution >= 4 is 41.1 Å². The molecule has 0 fully saturated rings. The summed E-state index contributed by atoms with van der Waals surface area (Å²) in [5.74, 6) is 0.00372. The number of carbonyl (C=O) groups is 1. The van der Waals surface area contributed by atoms with E-state index in [0.717, 1.165) is 17.1 Å². The summed E-state index contributed by atoms with van der Waals surface area (Å²) in [5.41, 5.74) is 5.60. The molecule has 0 aliphatic carbocycles. The van der Waals surface area contributed by atoms with Crippen LogP contribution in [0.25, 0.3) is 11.4 Å². The maximum atomic E-state index is 13.2. The minimum absolute atomic E-state index is 0.0471. The van der Waals surface area contributed by atoms with Gasteiger partial charge in [0.1, 0.15) is 5.82 Å². The number of thioether (sulfide) groups is 1. The van der Waals surface area contributed by atoms with Gasteiger partial charge in [-0.1, -0.05) is 40.8 Å². The van der Waals surface area contributed by atoms with Crippen molar-refractivity contribution in [2.24, 2.45) is 0 Å². The SMILES string of the molecule is Cc1ccc(-n2c(C)cc(C(=O)CSc3nn(-c4ccc(F)cc4)c(=S)s3)c2C)cc1. The third-order valence-corrected chi connectivity index (χ3v) is 7.32. The number of rotatable bonds is 6. The first-order valence-corrected chi connectivity index (χ1v) is 11.8. The fourth-order valence-electron chi connectivity index (χ4n) is 3.41. The zero-order valence-electron chi connectivity index (χ0n) is 17.3. The Bertz CT molecular complexity index is 1300. The summed E-state index contributed by atoms with van der Waals surface area (Å²) < 4.78 is 18.1. The van der Waals surface area contributed by atoms with Gasteiger partial charge in [-0.2, -0.15) is 0 Å². The molecule has 2 aromatic carbocycles. The molecule has 158 valence electrons. The molecule has 0 spiro atoms. The van der Waals surface area contributed by atoms with Crippen LogP contribution in [0.1, 0.15) is 27.3 Å². The molecule has 0 aliphatic heterocycles. The van der Waals surface area contributed by atoms with Gasteiger partial charge in [0, 0.05) is 22.6 Å². The molecule has 0 unspecified atom stereocenters. The van der Waals surface area contributed by atoms with Crippen molar-refractivity contribution < 1.29 is 9.18 Å². The summed E-state index contributed by atoms with van der Waals surface area (Å²) >= 11 is 8.09. The van der Waals surface area contributed by atoms with Crippen LogP contribution in [0.2, 0.25) is 0 Å². The Kier molecular flexibility index (Phi) is 6.22.